The molecule has 3 rings (SSSR count). The Morgan fingerprint density at radius 3 is 1.38 bits per heavy atom. The van der Waals surface area contributed by atoms with Crippen LogP contribution in [0.25, 0.3) is 18.2 Å². The van der Waals surface area contributed by atoms with Crippen molar-refractivity contribution in [2.75, 3.05) is 0 Å². The van der Waals surface area contributed by atoms with Crippen LogP contribution in [0.15, 0.2) is 92.5 Å². The van der Waals surface area contributed by atoms with Crippen molar-refractivity contribution >= 4 is 24.2 Å². The van der Waals surface area contributed by atoms with E-state index >= 15 is 0 Å². The fourth-order valence-corrected chi connectivity index (χ4v) is 2.73. The van der Waals surface area contributed by atoms with Gasteiger partial charge in [0.2, 0.25) is 0 Å². The molecular formula is C33H40O4. The Hall–Kier alpha value is -4.05. The zero-order valence-electron chi connectivity index (χ0n) is 23.0. The van der Waals surface area contributed by atoms with E-state index < -0.39 is 5.60 Å². The maximum atomic E-state index is 11.6. The lowest BCUT2D eigenvalue weighted by molar-refractivity contribution is 0.00694. The standard InChI is InChI=1S/C13H16O2.C12H16O.C8H8O/c1-5-10-6-8-11(9-7-10)12(14)15-13(2,3)4;1-5-10-6-8-11(9-7-10)13-12(2,3)4;1-2-7-3-5-8(9)6-4-7/h5-9H,1H2,2-4H3;5-9H,1H2,2-4H3;2-6,9H,1H2. The number of esters is 1. The van der Waals surface area contributed by atoms with Crippen LogP contribution in [0.1, 0.15) is 68.6 Å². The van der Waals surface area contributed by atoms with Crippen LogP contribution in [0.4, 0.5) is 0 Å². The summed E-state index contributed by atoms with van der Waals surface area (Å²) in [5.74, 6) is 0.900. The highest BCUT2D eigenvalue weighted by Gasteiger charge is 2.17. The lowest BCUT2D eigenvalue weighted by atomic mass is 10.1. The summed E-state index contributed by atoms with van der Waals surface area (Å²) in [7, 11) is 0. The molecule has 0 aliphatic rings. The van der Waals surface area contributed by atoms with E-state index in [2.05, 4.69) is 19.7 Å². The summed E-state index contributed by atoms with van der Waals surface area (Å²) >= 11 is 0. The first kappa shape index (κ1) is 31.0. The second-order valence-electron chi connectivity index (χ2n) is 10.1. The highest BCUT2D eigenvalue weighted by molar-refractivity contribution is 5.89. The SMILES string of the molecule is C=Cc1ccc(C(=O)OC(C)(C)C)cc1.C=Cc1ccc(O)cc1.C=Cc1ccc(OC(C)(C)C)cc1. The van der Waals surface area contributed by atoms with Gasteiger partial charge < -0.3 is 14.6 Å². The average molecular weight is 501 g/mol. The van der Waals surface area contributed by atoms with Crippen LogP contribution >= 0.6 is 0 Å². The molecule has 0 spiro atoms. The van der Waals surface area contributed by atoms with Gasteiger partial charge in [0.25, 0.3) is 0 Å². The Morgan fingerprint density at radius 2 is 1.03 bits per heavy atom. The summed E-state index contributed by atoms with van der Waals surface area (Å²) in [5, 5.41) is 8.82. The number of rotatable bonds is 5. The molecule has 0 atom stereocenters. The van der Waals surface area contributed by atoms with Crippen molar-refractivity contribution in [2.45, 2.75) is 52.7 Å². The van der Waals surface area contributed by atoms with E-state index in [1.54, 1.807) is 36.4 Å². The van der Waals surface area contributed by atoms with Gasteiger partial charge in [0.05, 0.1) is 5.56 Å². The average Bonchev–Trinajstić information content (AvgIpc) is 2.84. The van der Waals surface area contributed by atoms with Gasteiger partial charge >= 0.3 is 5.97 Å². The summed E-state index contributed by atoms with van der Waals surface area (Å²) in [4.78, 5) is 11.6. The number of phenols is 1. The van der Waals surface area contributed by atoms with E-state index in [-0.39, 0.29) is 11.6 Å². The Morgan fingerprint density at radius 1 is 0.649 bits per heavy atom. The summed E-state index contributed by atoms with van der Waals surface area (Å²) in [5.41, 5.74) is 3.11. The lowest BCUT2D eigenvalue weighted by Crippen LogP contribution is -2.23. The minimum atomic E-state index is -0.450. The normalized spacial score (nSPS) is 10.4. The first-order valence-electron chi connectivity index (χ1n) is 12.0. The van der Waals surface area contributed by atoms with Gasteiger partial charge in [-0.15, -0.1) is 0 Å². The topological polar surface area (TPSA) is 55.8 Å². The molecule has 0 aliphatic heterocycles. The van der Waals surface area contributed by atoms with E-state index in [1.165, 1.54) is 0 Å². The van der Waals surface area contributed by atoms with Crippen molar-refractivity contribution in [1.29, 1.82) is 0 Å². The lowest BCUT2D eigenvalue weighted by Gasteiger charge is -2.21. The second kappa shape index (κ2) is 14.5. The molecule has 1 N–H and O–H groups in total. The minimum absolute atomic E-state index is 0.129. The number of carbonyl (C=O) groups excluding carboxylic acids is 1. The predicted molar refractivity (Wildman–Crippen MR) is 157 cm³/mol. The summed E-state index contributed by atoms with van der Waals surface area (Å²) in [6.45, 7) is 22.6. The smallest absolute Gasteiger partial charge is 0.338 e. The molecule has 0 fully saturated rings. The zero-order valence-corrected chi connectivity index (χ0v) is 23.0. The van der Waals surface area contributed by atoms with Gasteiger partial charge in [-0.2, -0.15) is 0 Å². The fourth-order valence-electron chi connectivity index (χ4n) is 2.73. The molecule has 0 radical (unpaired) electrons. The van der Waals surface area contributed by atoms with Crippen LogP contribution < -0.4 is 4.74 Å². The number of benzene rings is 3. The van der Waals surface area contributed by atoms with E-state index in [0.29, 0.717) is 11.3 Å². The number of hydrogen-bond donors (Lipinski definition) is 1. The molecule has 3 aromatic carbocycles. The molecule has 0 bridgehead atoms. The van der Waals surface area contributed by atoms with Crippen molar-refractivity contribution in [3.63, 3.8) is 0 Å². The third-order valence-corrected chi connectivity index (χ3v) is 4.45. The van der Waals surface area contributed by atoms with Crippen LogP contribution in [-0.2, 0) is 4.74 Å². The van der Waals surface area contributed by atoms with E-state index in [0.717, 1.165) is 22.4 Å². The third-order valence-electron chi connectivity index (χ3n) is 4.45. The van der Waals surface area contributed by atoms with Gasteiger partial charge in [0, 0.05) is 0 Å². The van der Waals surface area contributed by atoms with Crippen molar-refractivity contribution < 1.29 is 19.4 Å². The van der Waals surface area contributed by atoms with E-state index in [4.69, 9.17) is 14.6 Å². The maximum absolute atomic E-state index is 11.6. The number of hydrogen-bond acceptors (Lipinski definition) is 4. The van der Waals surface area contributed by atoms with Crippen LogP contribution in [0, 0.1) is 0 Å². The van der Waals surface area contributed by atoms with Gasteiger partial charge in [0.1, 0.15) is 22.7 Å². The quantitative estimate of drug-likeness (QED) is 0.356. The van der Waals surface area contributed by atoms with Gasteiger partial charge in [-0.3, -0.25) is 0 Å². The largest absolute Gasteiger partial charge is 0.508 e. The molecule has 0 saturated heterocycles. The van der Waals surface area contributed by atoms with Gasteiger partial charge in [-0.25, -0.2) is 4.79 Å². The Kier molecular flexibility index (Phi) is 12.1. The Bertz CT molecular complexity index is 1130. The third kappa shape index (κ3) is 13.6. The highest BCUT2D eigenvalue weighted by Crippen LogP contribution is 2.18. The van der Waals surface area contributed by atoms with E-state index in [1.807, 2.05) is 96.1 Å². The van der Waals surface area contributed by atoms with Crippen LogP contribution in [-0.4, -0.2) is 22.3 Å². The number of ether oxygens (including phenoxy) is 2. The Balaban J connectivity index is 0.000000286. The van der Waals surface area contributed by atoms with Crippen molar-refractivity contribution in [3.05, 3.63) is 115 Å². The van der Waals surface area contributed by atoms with Crippen molar-refractivity contribution in [3.8, 4) is 11.5 Å². The Labute approximate surface area is 222 Å². The number of aromatic hydroxyl groups is 1. The summed E-state index contributed by atoms with van der Waals surface area (Å²) in [6.07, 6.45) is 5.29. The highest BCUT2D eigenvalue weighted by atomic mass is 16.6. The van der Waals surface area contributed by atoms with E-state index in [9.17, 15) is 4.79 Å². The molecule has 196 valence electrons. The van der Waals surface area contributed by atoms with Gasteiger partial charge in [-0.1, -0.05) is 74.4 Å². The molecule has 0 amide bonds. The second-order valence-corrected chi connectivity index (χ2v) is 10.1. The molecule has 37 heavy (non-hydrogen) atoms. The molecule has 0 heterocycles. The van der Waals surface area contributed by atoms with Crippen LogP contribution in [0.5, 0.6) is 11.5 Å². The molecule has 0 aliphatic carbocycles. The first-order valence-corrected chi connectivity index (χ1v) is 12.0. The predicted octanol–water partition coefficient (Wildman–Crippen LogP) is 8.83. The van der Waals surface area contributed by atoms with Crippen LogP contribution in [0.3, 0.4) is 0 Å². The number of phenolic OH excluding ortho intramolecular Hbond substituents is 1. The zero-order chi connectivity index (χ0) is 28.1. The van der Waals surface area contributed by atoms with Gasteiger partial charge in [-0.05, 0) is 94.6 Å². The first-order chi connectivity index (χ1) is 17.3. The minimum Gasteiger partial charge on any atom is -0.508 e. The monoisotopic (exact) mass is 500 g/mol. The molecule has 3 aromatic rings. The molecule has 4 nitrogen and oxygen atoms in total. The van der Waals surface area contributed by atoms with Crippen LogP contribution in [0.2, 0.25) is 0 Å². The summed E-state index contributed by atoms with van der Waals surface area (Å²) < 4.78 is 10.9. The molecular weight excluding hydrogens is 460 g/mol. The molecule has 0 saturated carbocycles. The maximum Gasteiger partial charge on any atom is 0.338 e. The molecule has 0 aromatic heterocycles. The fraction of sp³-hybridized carbons (Fsp3) is 0.242. The van der Waals surface area contributed by atoms with Crippen molar-refractivity contribution in [1.82, 2.24) is 0 Å². The number of carbonyl (C=O) groups is 1. The van der Waals surface area contributed by atoms with Crippen molar-refractivity contribution in [2.24, 2.45) is 0 Å². The molecule has 4 heteroatoms. The summed E-state index contributed by atoms with van der Waals surface area (Å²) in [6, 6.07) is 22.0. The van der Waals surface area contributed by atoms with Gasteiger partial charge in [0.15, 0.2) is 0 Å². The molecule has 0 unspecified atom stereocenters.